The normalized spacial score (nSPS) is 10.6. The molecule has 1 aromatic heterocycles. The lowest BCUT2D eigenvalue weighted by Gasteiger charge is -2.07. The number of pyridine rings is 1. The molecule has 1 heterocycles. The Morgan fingerprint density at radius 3 is 2.71 bits per heavy atom. The molecule has 0 unspecified atom stereocenters. The number of hydrogen-bond acceptors (Lipinski definition) is 2. The molecule has 0 bridgehead atoms. The Balaban J connectivity index is 1.94. The first kappa shape index (κ1) is 14.0. The Labute approximate surface area is 135 Å². The summed E-state index contributed by atoms with van der Waals surface area (Å²) in [5, 5.41) is 4.84. The van der Waals surface area contributed by atoms with E-state index < -0.39 is 0 Å². The van der Waals surface area contributed by atoms with E-state index in [4.69, 9.17) is 11.6 Å². The highest BCUT2D eigenvalue weighted by molar-refractivity contribution is 9.10. The van der Waals surface area contributed by atoms with Crippen molar-refractivity contribution in [2.75, 3.05) is 5.32 Å². The fraction of sp³-hybridized carbons (Fsp3) is 0. The van der Waals surface area contributed by atoms with Crippen molar-refractivity contribution in [2.24, 2.45) is 0 Å². The van der Waals surface area contributed by atoms with Gasteiger partial charge in [0, 0.05) is 15.5 Å². The van der Waals surface area contributed by atoms with Crippen LogP contribution in [0.2, 0.25) is 5.15 Å². The Hall–Kier alpha value is -1.91. The van der Waals surface area contributed by atoms with Crippen molar-refractivity contribution in [1.29, 1.82) is 0 Å². The Morgan fingerprint density at radius 1 is 1.10 bits per heavy atom. The maximum absolute atomic E-state index is 12.3. The molecule has 0 spiro atoms. The Morgan fingerprint density at radius 2 is 1.90 bits per heavy atom. The van der Waals surface area contributed by atoms with Crippen LogP contribution in [0.1, 0.15) is 10.5 Å². The van der Waals surface area contributed by atoms with Crippen molar-refractivity contribution in [3.63, 3.8) is 0 Å². The molecule has 1 amide bonds. The van der Waals surface area contributed by atoms with Gasteiger partial charge in [-0.2, -0.15) is 0 Å². The average molecular weight is 362 g/mol. The number of benzene rings is 2. The predicted octanol–water partition coefficient (Wildman–Crippen LogP) is 4.90. The Kier molecular flexibility index (Phi) is 3.90. The van der Waals surface area contributed by atoms with E-state index in [1.165, 1.54) is 0 Å². The summed E-state index contributed by atoms with van der Waals surface area (Å²) >= 11 is 9.50. The molecular formula is C16H10BrClN2O. The first-order valence-corrected chi connectivity index (χ1v) is 7.43. The van der Waals surface area contributed by atoms with Crippen LogP contribution in [0.15, 0.2) is 59.1 Å². The molecule has 0 atom stereocenters. The van der Waals surface area contributed by atoms with Crippen molar-refractivity contribution in [1.82, 2.24) is 4.98 Å². The van der Waals surface area contributed by atoms with Crippen molar-refractivity contribution in [2.45, 2.75) is 0 Å². The van der Waals surface area contributed by atoms with Gasteiger partial charge in [-0.15, -0.1) is 0 Å². The summed E-state index contributed by atoms with van der Waals surface area (Å²) in [7, 11) is 0. The number of hydrogen-bond donors (Lipinski definition) is 1. The first-order chi connectivity index (χ1) is 10.1. The lowest BCUT2D eigenvalue weighted by atomic mass is 10.1. The smallest absolute Gasteiger partial charge is 0.274 e. The number of nitrogens with one attached hydrogen (secondary N) is 1. The van der Waals surface area contributed by atoms with Gasteiger partial charge < -0.3 is 5.32 Å². The van der Waals surface area contributed by atoms with Gasteiger partial charge in [-0.3, -0.25) is 4.79 Å². The van der Waals surface area contributed by atoms with E-state index >= 15 is 0 Å². The van der Waals surface area contributed by atoms with Gasteiger partial charge in [0.25, 0.3) is 5.91 Å². The summed E-state index contributed by atoms with van der Waals surface area (Å²) in [6.07, 6.45) is 0. The lowest BCUT2D eigenvalue weighted by molar-refractivity contribution is 0.102. The second kappa shape index (κ2) is 5.84. The quantitative estimate of drug-likeness (QED) is 0.659. The minimum atomic E-state index is -0.291. The zero-order valence-corrected chi connectivity index (χ0v) is 13.1. The molecule has 0 radical (unpaired) electrons. The zero-order chi connectivity index (χ0) is 14.8. The van der Waals surface area contributed by atoms with Gasteiger partial charge in [-0.25, -0.2) is 4.98 Å². The van der Waals surface area contributed by atoms with Crippen LogP contribution in [0.4, 0.5) is 5.69 Å². The molecule has 0 aliphatic carbocycles. The monoisotopic (exact) mass is 360 g/mol. The number of carbonyl (C=O) groups is 1. The largest absolute Gasteiger partial charge is 0.321 e. The van der Waals surface area contributed by atoms with Gasteiger partial charge in [0.1, 0.15) is 10.8 Å². The van der Waals surface area contributed by atoms with E-state index in [9.17, 15) is 4.79 Å². The molecule has 1 N–H and O–H groups in total. The van der Waals surface area contributed by atoms with Gasteiger partial charge in [0.05, 0.1) is 0 Å². The topological polar surface area (TPSA) is 42.0 Å². The molecule has 104 valence electrons. The van der Waals surface area contributed by atoms with Crippen LogP contribution in [-0.4, -0.2) is 10.9 Å². The number of carbonyl (C=O) groups excluding carboxylic acids is 1. The summed E-state index contributed by atoms with van der Waals surface area (Å²) in [5.74, 6) is -0.291. The molecule has 0 aliphatic heterocycles. The third kappa shape index (κ3) is 3.06. The Bertz CT molecular complexity index is 835. The molecule has 0 saturated carbocycles. The van der Waals surface area contributed by atoms with Crippen molar-refractivity contribution < 1.29 is 4.79 Å². The molecule has 0 saturated heterocycles. The lowest BCUT2D eigenvalue weighted by Crippen LogP contribution is -2.13. The maximum Gasteiger partial charge on any atom is 0.274 e. The number of nitrogens with zero attached hydrogens (tertiary/aromatic N) is 1. The highest BCUT2D eigenvalue weighted by Gasteiger charge is 2.11. The third-order valence-corrected chi connectivity index (χ3v) is 3.79. The molecule has 0 fully saturated rings. The van der Waals surface area contributed by atoms with E-state index in [1.54, 1.807) is 6.07 Å². The summed E-state index contributed by atoms with van der Waals surface area (Å²) in [6.45, 7) is 0. The minimum Gasteiger partial charge on any atom is -0.321 e. The fourth-order valence-electron chi connectivity index (χ4n) is 2.03. The van der Waals surface area contributed by atoms with E-state index in [-0.39, 0.29) is 5.91 Å². The highest BCUT2D eigenvalue weighted by atomic mass is 79.9. The van der Waals surface area contributed by atoms with Gasteiger partial charge >= 0.3 is 0 Å². The van der Waals surface area contributed by atoms with E-state index in [0.29, 0.717) is 16.5 Å². The summed E-state index contributed by atoms with van der Waals surface area (Å²) in [6, 6.07) is 16.7. The third-order valence-electron chi connectivity index (χ3n) is 3.01. The van der Waals surface area contributed by atoms with Gasteiger partial charge in [0.2, 0.25) is 0 Å². The molecule has 0 aliphatic rings. The standard InChI is InChI=1S/C16H10BrClN2O/c17-11-5-3-6-12(9-11)19-16(21)14-8-10-4-1-2-7-13(10)15(18)20-14/h1-9H,(H,19,21). The number of aromatic nitrogens is 1. The molecular weight excluding hydrogens is 352 g/mol. The number of anilines is 1. The van der Waals surface area contributed by atoms with Gasteiger partial charge in [-0.1, -0.05) is 57.9 Å². The average Bonchev–Trinajstić information content (AvgIpc) is 2.47. The van der Waals surface area contributed by atoms with E-state index in [2.05, 4.69) is 26.2 Å². The molecule has 3 nitrogen and oxygen atoms in total. The molecule has 3 rings (SSSR count). The number of amides is 1. The van der Waals surface area contributed by atoms with Crippen LogP contribution in [-0.2, 0) is 0 Å². The molecule has 2 aromatic carbocycles. The second-order valence-electron chi connectivity index (χ2n) is 4.48. The SMILES string of the molecule is O=C(Nc1cccc(Br)c1)c1cc2ccccc2c(Cl)n1. The maximum atomic E-state index is 12.3. The number of fused-ring (bicyclic) bond motifs is 1. The van der Waals surface area contributed by atoms with Crippen LogP contribution < -0.4 is 5.32 Å². The number of rotatable bonds is 2. The van der Waals surface area contributed by atoms with Crippen molar-refractivity contribution in [3.8, 4) is 0 Å². The van der Waals surface area contributed by atoms with Crippen LogP contribution in [0.3, 0.4) is 0 Å². The van der Waals surface area contributed by atoms with Gasteiger partial charge in [-0.05, 0) is 29.7 Å². The van der Waals surface area contributed by atoms with Crippen molar-refractivity contribution >= 4 is 49.9 Å². The first-order valence-electron chi connectivity index (χ1n) is 6.26. The van der Waals surface area contributed by atoms with Crippen LogP contribution in [0.5, 0.6) is 0 Å². The fourth-order valence-corrected chi connectivity index (χ4v) is 2.70. The van der Waals surface area contributed by atoms with Gasteiger partial charge in [0.15, 0.2) is 0 Å². The van der Waals surface area contributed by atoms with E-state index in [1.807, 2.05) is 48.5 Å². The summed E-state index contributed by atoms with van der Waals surface area (Å²) in [5.41, 5.74) is 0.985. The highest BCUT2D eigenvalue weighted by Crippen LogP contribution is 2.23. The van der Waals surface area contributed by atoms with Crippen LogP contribution >= 0.6 is 27.5 Å². The second-order valence-corrected chi connectivity index (χ2v) is 5.76. The summed E-state index contributed by atoms with van der Waals surface area (Å²) in [4.78, 5) is 16.4. The predicted molar refractivity (Wildman–Crippen MR) is 88.8 cm³/mol. The van der Waals surface area contributed by atoms with E-state index in [0.717, 1.165) is 15.2 Å². The number of halogens is 2. The van der Waals surface area contributed by atoms with Crippen molar-refractivity contribution in [3.05, 3.63) is 69.9 Å². The molecule has 3 aromatic rings. The molecule has 5 heteroatoms. The zero-order valence-electron chi connectivity index (χ0n) is 10.8. The summed E-state index contributed by atoms with van der Waals surface area (Å²) < 4.78 is 0.893. The van der Waals surface area contributed by atoms with Crippen LogP contribution in [0.25, 0.3) is 10.8 Å². The minimum absolute atomic E-state index is 0.290. The molecule has 21 heavy (non-hydrogen) atoms. The van der Waals surface area contributed by atoms with Crippen LogP contribution in [0, 0.1) is 0 Å².